The summed E-state index contributed by atoms with van der Waals surface area (Å²) in [6, 6.07) is 14.2. The molecule has 1 fully saturated rings. The molecule has 1 N–H and O–H groups in total. The quantitative estimate of drug-likeness (QED) is 0.829. The molecule has 6 heteroatoms. The van der Waals surface area contributed by atoms with Gasteiger partial charge in [0.2, 0.25) is 0 Å². The molecule has 0 spiro atoms. The zero-order valence-corrected chi connectivity index (χ0v) is 16.3. The van der Waals surface area contributed by atoms with Gasteiger partial charge in [-0.05, 0) is 49.1 Å². The number of rotatable bonds is 6. The van der Waals surface area contributed by atoms with Crippen LogP contribution in [-0.2, 0) is 4.79 Å². The minimum atomic E-state index is -0.303. The minimum absolute atomic E-state index is 0.00766. The second-order valence-electron chi connectivity index (χ2n) is 7.04. The lowest BCUT2D eigenvalue weighted by Crippen LogP contribution is -2.37. The van der Waals surface area contributed by atoms with Crippen LogP contribution in [0.1, 0.15) is 30.1 Å². The van der Waals surface area contributed by atoms with E-state index in [0.717, 1.165) is 25.9 Å². The molecular formula is C22H26N2O4. The van der Waals surface area contributed by atoms with E-state index in [1.165, 1.54) is 0 Å². The van der Waals surface area contributed by atoms with Gasteiger partial charge in [0.1, 0.15) is 0 Å². The van der Waals surface area contributed by atoms with Gasteiger partial charge in [-0.25, -0.2) is 0 Å². The maximum atomic E-state index is 12.7. The number of benzene rings is 2. The fourth-order valence-electron chi connectivity index (χ4n) is 3.20. The summed E-state index contributed by atoms with van der Waals surface area (Å²) in [5.74, 6) is 1.44. The average molecular weight is 382 g/mol. The SMILES string of the molecule is COc1ccccc1OCC(=O)Nc1cccc(C(=O)N2CCC(C)CC2)c1. The Balaban J connectivity index is 1.58. The van der Waals surface area contributed by atoms with Crippen molar-refractivity contribution in [2.45, 2.75) is 19.8 Å². The van der Waals surface area contributed by atoms with E-state index in [2.05, 4.69) is 12.2 Å². The molecule has 2 amide bonds. The summed E-state index contributed by atoms with van der Waals surface area (Å²) in [4.78, 5) is 26.8. The van der Waals surface area contributed by atoms with E-state index in [1.807, 2.05) is 17.0 Å². The standard InChI is InChI=1S/C22H26N2O4/c1-16-10-12-24(13-11-16)22(26)17-6-5-7-18(14-17)23-21(25)15-28-20-9-4-3-8-19(20)27-2/h3-9,14,16H,10-13,15H2,1-2H3,(H,23,25). The molecule has 6 nitrogen and oxygen atoms in total. The van der Waals surface area contributed by atoms with E-state index >= 15 is 0 Å². The van der Waals surface area contributed by atoms with E-state index in [1.54, 1.807) is 43.5 Å². The lowest BCUT2D eigenvalue weighted by atomic mass is 9.98. The van der Waals surface area contributed by atoms with Gasteiger partial charge in [0.05, 0.1) is 7.11 Å². The second kappa shape index (κ2) is 9.26. The van der Waals surface area contributed by atoms with Crippen molar-refractivity contribution in [3.63, 3.8) is 0 Å². The third-order valence-corrected chi connectivity index (χ3v) is 4.89. The highest BCUT2D eigenvalue weighted by atomic mass is 16.5. The van der Waals surface area contributed by atoms with Crippen molar-refractivity contribution in [3.05, 3.63) is 54.1 Å². The Morgan fingerprint density at radius 2 is 1.79 bits per heavy atom. The number of amides is 2. The number of para-hydroxylation sites is 2. The number of nitrogens with one attached hydrogen (secondary N) is 1. The van der Waals surface area contributed by atoms with Gasteiger partial charge >= 0.3 is 0 Å². The third-order valence-electron chi connectivity index (χ3n) is 4.89. The molecule has 0 saturated carbocycles. The van der Waals surface area contributed by atoms with Crippen LogP contribution in [0.3, 0.4) is 0 Å². The number of carbonyl (C=O) groups is 2. The normalized spacial score (nSPS) is 14.4. The maximum Gasteiger partial charge on any atom is 0.262 e. The topological polar surface area (TPSA) is 67.9 Å². The largest absolute Gasteiger partial charge is 0.493 e. The fourth-order valence-corrected chi connectivity index (χ4v) is 3.20. The van der Waals surface area contributed by atoms with Gasteiger partial charge in [0.25, 0.3) is 11.8 Å². The molecule has 3 rings (SSSR count). The number of hydrogen-bond donors (Lipinski definition) is 1. The van der Waals surface area contributed by atoms with Crippen LogP contribution in [0, 0.1) is 5.92 Å². The lowest BCUT2D eigenvalue weighted by molar-refractivity contribution is -0.118. The smallest absolute Gasteiger partial charge is 0.262 e. The minimum Gasteiger partial charge on any atom is -0.493 e. The number of carbonyl (C=O) groups excluding carboxylic acids is 2. The molecule has 1 aliphatic rings. The van der Waals surface area contributed by atoms with Gasteiger partial charge in [0.15, 0.2) is 18.1 Å². The number of anilines is 1. The average Bonchev–Trinajstić information content (AvgIpc) is 2.72. The second-order valence-corrected chi connectivity index (χ2v) is 7.04. The summed E-state index contributed by atoms with van der Waals surface area (Å²) in [5.41, 5.74) is 1.16. The van der Waals surface area contributed by atoms with Crippen LogP contribution in [0.4, 0.5) is 5.69 Å². The Bertz CT molecular complexity index is 829. The molecule has 0 radical (unpaired) electrons. The van der Waals surface area contributed by atoms with Gasteiger partial charge in [-0.1, -0.05) is 25.1 Å². The van der Waals surface area contributed by atoms with Gasteiger partial charge < -0.3 is 19.7 Å². The molecule has 1 aliphatic heterocycles. The Hall–Kier alpha value is -3.02. The van der Waals surface area contributed by atoms with Gasteiger partial charge in [-0.2, -0.15) is 0 Å². The van der Waals surface area contributed by atoms with E-state index in [9.17, 15) is 9.59 Å². The molecule has 1 saturated heterocycles. The molecule has 0 bridgehead atoms. The lowest BCUT2D eigenvalue weighted by Gasteiger charge is -2.30. The predicted octanol–water partition coefficient (Wildman–Crippen LogP) is 3.58. The predicted molar refractivity (Wildman–Crippen MR) is 108 cm³/mol. The Morgan fingerprint density at radius 1 is 1.07 bits per heavy atom. The highest BCUT2D eigenvalue weighted by molar-refractivity contribution is 5.97. The van der Waals surface area contributed by atoms with E-state index in [0.29, 0.717) is 28.7 Å². The summed E-state index contributed by atoms with van der Waals surface area (Å²) < 4.78 is 10.7. The molecule has 1 heterocycles. The molecule has 28 heavy (non-hydrogen) atoms. The highest BCUT2D eigenvalue weighted by Crippen LogP contribution is 2.25. The zero-order valence-electron chi connectivity index (χ0n) is 16.3. The van der Waals surface area contributed by atoms with Crippen LogP contribution in [0.15, 0.2) is 48.5 Å². The molecule has 2 aromatic carbocycles. The zero-order chi connectivity index (χ0) is 19.9. The van der Waals surface area contributed by atoms with Crippen LogP contribution in [0.2, 0.25) is 0 Å². The van der Waals surface area contributed by atoms with Crippen molar-refractivity contribution in [1.29, 1.82) is 0 Å². The molecule has 148 valence electrons. The fraction of sp³-hybridized carbons (Fsp3) is 0.364. The van der Waals surface area contributed by atoms with Crippen molar-refractivity contribution in [2.75, 3.05) is 32.1 Å². The maximum absolute atomic E-state index is 12.7. The monoisotopic (exact) mass is 382 g/mol. The van der Waals surface area contributed by atoms with Crippen molar-refractivity contribution >= 4 is 17.5 Å². The van der Waals surface area contributed by atoms with Crippen LogP contribution < -0.4 is 14.8 Å². The van der Waals surface area contributed by atoms with Crippen LogP contribution in [0.5, 0.6) is 11.5 Å². The first-order valence-electron chi connectivity index (χ1n) is 9.52. The Labute approximate surface area is 165 Å². The first-order chi connectivity index (χ1) is 13.6. The summed E-state index contributed by atoms with van der Waals surface area (Å²) >= 11 is 0. The molecular weight excluding hydrogens is 356 g/mol. The first kappa shape index (κ1) is 19.7. The highest BCUT2D eigenvalue weighted by Gasteiger charge is 2.21. The van der Waals surface area contributed by atoms with E-state index in [-0.39, 0.29) is 18.4 Å². The summed E-state index contributed by atoms with van der Waals surface area (Å²) in [6.45, 7) is 3.63. The number of nitrogens with zero attached hydrogens (tertiary/aromatic N) is 1. The van der Waals surface area contributed by atoms with Gasteiger partial charge in [-0.15, -0.1) is 0 Å². The van der Waals surface area contributed by atoms with Crippen LogP contribution >= 0.6 is 0 Å². The molecule has 0 atom stereocenters. The van der Waals surface area contributed by atoms with Crippen molar-refractivity contribution in [3.8, 4) is 11.5 Å². The number of hydrogen-bond acceptors (Lipinski definition) is 4. The van der Waals surface area contributed by atoms with Crippen molar-refractivity contribution in [1.82, 2.24) is 4.90 Å². The Morgan fingerprint density at radius 3 is 2.50 bits per heavy atom. The van der Waals surface area contributed by atoms with Crippen molar-refractivity contribution < 1.29 is 19.1 Å². The summed E-state index contributed by atoms with van der Waals surface area (Å²) in [7, 11) is 1.55. The third kappa shape index (κ3) is 5.03. The molecule has 0 aromatic heterocycles. The van der Waals surface area contributed by atoms with Crippen LogP contribution in [-0.4, -0.2) is 43.5 Å². The number of ether oxygens (including phenoxy) is 2. The van der Waals surface area contributed by atoms with Crippen molar-refractivity contribution in [2.24, 2.45) is 5.92 Å². The molecule has 2 aromatic rings. The van der Waals surface area contributed by atoms with E-state index in [4.69, 9.17) is 9.47 Å². The summed E-state index contributed by atoms with van der Waals surface area (Å²) in [6.07, 6.45) is 2.06. The molecule has 0 unspecified atom stereocenters. The summed E-state index contributed by atoms with van der Waals surface area (Å²) in [5, 5.41) is 2.78. The van der Waals surface area contributed by atoms with Crippen LogP contribution in [0.25, 0.3) is 0 Å². The number of piperidine rings is 1. The number of likely N-dealkylation sites (tertiary alicyclic amines) is 1. The van der Waals surface area contributed by atoms with Gasteiger partial charge in [-0.3, -0.25) is 9.59 Å². The molecule has 0 aliphatic carbocycles. The van der Waals surface area contributed by atoms with E-state index < -0.39 is 0 Å². The Kier molecular flexibility index (Phi) is 6.53. The first-order valence-corrected chi connectivity index (χ1v) is 9.52. The van der Waals surface area contributed by atoms with Gasteiger partial charge in [0, 0.05) is 24.3 Å². The number of methoxy groups -OCH3 is 1.